The second kappa shape index (κ2) is 6.12. The number of nitrogens with zero attached hydrogens (tertiary/aromatic N) is 1. The molecule has 104 valence electrons. The minimum absolute atomic E-state index is 0.367. The van der Waals surface area contributed by atoms with Crippen molar-refractivity contribution in [3.05, 3.63) is 29.7 Å². The van der Waals surface area contributed by atoms with Gasteiger partial charge < -0.3 is 10.4 Å². The molecular weight excluding hydrogens is 245 g/mol. The lowest BCUT2D eigenvalue weighted by molar-refractivity contribution is 0.170. The van der Waals surface area contributed by atoms with Crippen LogP contribution in [-0.2, 0) is 0 Å². The van der Waals surface area contributed by atoms with Crippen molar-refractivity contribution in [2.45, 2.75) is 38.8 Å². The maximum absolute atomic E-state index is 13.5. The standard InChI is InChI=1S/C14H20FN3O/c1-3-10(4-2)16-8-14(19)11-5-9(15)6-13-12(11)7-17-18-13/h5-7,10,14,16,19H,3-4,8H2,1-2H3,(H,17,18)/t14-/m0/s1. The average molecular weight is 265 g/mol. The first-order valence-corrected chi connectivity index (χ1v) is 6.69. The summed E-state index contributed by atoms with van der Waals surface area (Å²) in [5.74, 6) is -0.367. The molecule has 0 spiro atoms. The first kappa shape index (κ1) is 14.0. The normalized spacial score (nSPS) is 13.3. The maximum Gasteiger partial charge on any atom is 0.125 e. The van der Waals surface area contributed by atoms with Crippen LogP contribution in [0.2, 0.25) is 0 Å². The van der Waals surface area contributed by atoms with Crippen molar-refractivity contribution in [1.29, 1.82) is 0 Å². The fourth-order valence-electron chi connectivity index (χ4n) is 2.28. The topological polar surface area (TPSA) is 60.9 Å². The number of aliphatic hydroxyl groups excluding tert-OH is 1. The average Bonchev–Trinajstić information content (AvgIpc) is 2.86. The number of fused-ring (bicyclic) bond motifs is 1. The van der Waals surface area contributed by atoms with E-state index in [-0.39, 0.29) is 5.82 Å². The Morgan fingerprint density at radius 1 is 1.37 bits per heavy atom. The Morgan fingerprint density at radius 2 is 2.11 bits per heavy atom. The molecule has 0 bridgehead atoms. The molecule has 1 atom stereocenters. The zero-order chi connectivity index (χ0) is 13.8. The summed E-state index contributed by atoms with van der Waals surface area (Å²) in [4.78, 5) is 0. The van der Waals surface area contributed by atoms with Crippen LogP contribution >= 0.6 is 0 Å². The van der Waals surface area contributed by atoms with E-state index in [1.807, 2.05) is 0 Å². The van der Waals surface area contributed by atoms with Crippen LogP contribution in [0.15, 0.2) is 18.3 Å². The van der Waals surface area contributed by atoms with Crippen LogP contribution in [0.4, 0.5) is 4.39 Å². The zero-order valence-corrected chi connectivity index (χ0v) is 11.3. The molecule has 0 aliphatic heterocycles. The molecule has 1 aromatic carbocycles. The molecule has 0 aliphatic carbocycles. The van der Waals surface area contributed by atoms with Gasteiger partial charge in [-0.3, -0.25) is 5.10 Å². The third-order valence-electron chi connectivity index (χ3n) is 3.50. The Bertz CT molecular complexity index is 536. The summed E-state index contributed by atoms with van der Waals surface area (Å²) >= 11 is 0. The molecule has 2 aromatic rings. The van der Waals surface area contributed by atoms with Crippen molar-refractivity contribution in [2.75, 3.05) is 6.54 Å². The van der Waals surface area contributed by atoms with Gasteiger partial charge in [0.05, 0.1) is 17.8 Å². The maximum atomic E-state index is 13.5. The number of hydrogen-bond acceptors (Lipinski definition) is 3. The van der Waals surface area contributed by atoms with Crippen LogP contribution < -0.4 is 5.32 Å². The van der Waals surface area contributed by atoms with Crippen LogP contribution in [0.5, 0.6) is 0 Å². The molecule has 0 aliphatic rings. The van der Waals surface area contributed by atoms with E-state index in [1.54, 1.807) is 6.20 Å². The molecule has 0 unspecified atom stereocenters. The van der Waals surface area contributed by atoms with E-state index in [2.05, 4.69) is 29.4 Å². The molecule has 0 saturated heterocycles. The van der Waals surface area contributed by atoms with E-state index >= 15 is 0 Å². The molecule has 0 fully saturated rings. The highest BCUT2D eigenvalue weighted by Gasteiger charge is 2.15. The predicted octanol–water partition coefficient (Wildman–Crippen LogP) is 2.51. The number of rotatable bonds is 6. The van der Waals surface area contributed by atoms with Crippen molar-refractivity contribution in [2.24, 2.45) is 0 Å². The van der Waals surface area contributed by atoms with Crippen LogP contribution in [0.25, 0.3) is 10.9 Å². The SMILES string of the molecule is CCC(CC)NC[C@H](O)c1cc(F)cc2[nH]ncc12. The third kappa shape index (κ3) is 3.11. The minimum Gasteiger partial charge on any atom is -0.387 e. The Kier molecular flexibility index (Phi) is 4.50. The van der Waals surface area contributed by atoms with E-state index in [4.69, 9.17) is 0 Å². The first-order chi connectivity index (χ1) is 9.15. The van der Waals surface area contributed by atoms with Gasteiger partial charge in [-0.25, -0.2) is 4.39 Å². The van der Waals surface area contributed by atoms with Gasteiger partial charge in [0, 0.05) is 18.0 Å². The number of nitrogens with one attached hydrogen (secondary N) is 2. The number of hydrogen-bond donors (Lipinski definition) is 3. The second-order valence-electron chi connectivity index (χ2n) is 4.76. The lowest BCUT2D eigenvalue weighted by atomic mass is 10.0. The smallest absolute Gasteiger partial charge is 0.125 e. The summed E-state index contributed by atoms with van der Waals surface area (Å²) < 4.78 is 13.5. The Balaban J connectivity index is 2.16. The van der Waals surface area contributed by atoms with Gasteiger partial charge in [0.15, 0.2) is 0 Å². The van der Waals surface area contributed by atoms with Gasteiger partial charge >= 0.3 is 0 Å². The molecule has 5 heteroatoms. The summed E-state index contributed by atoms with van der Waals surface area (Å²) in [6, 6.07) is 3.13. The monoisotopic (exact) mass is 265 g/mol. The molecule has 1 aromatic heterocycles. The fraction of sp³-hybridized carbons (Fsp3) is 0.500. The van der Waals surface area contributed by atoms with Crippen LogP contribution in [0.1, 0.15) is 38.4 Å². The molecule has 4 nitrogen and oxygen atoms in total. The number of aromatic amines is 1. The lowest BCUT2D eigenvalue weighted by Gasteiger charge is -2.18. The molecule has 0 amide bonds. The number of halogens is 1. The lowest BCUT2D eigenvalue weighted by Crippen LogP contribution is -2.31. The van der Waals surface area contributed by atoms with Gasteiger partial charge in [0.2, 0.25) is 0 Å². The molecule has 0 saturated carbocycles. The van der Waals surface area contributed by atoms with E-state index in [9.17, 15) is 9.50 Å². The zero-order valence-electron chi connectivity index (χ0n) is 11.3. The van der Waals surface area contributed by atoms with Crippen molar-refractivity contribution in [3.63, 3.8) is 0 Å². The van der Waals surface area contributed by atoms with Crippen LogP contribution in [-0.4, -0.2) is 27.9 Å². The second-order valence-corrected chi connectivity index (χ2v) is 4.76. The highest BCUT2D eigenvalue weighted by atomic mass is 19.1. The minimum atomic E-state index is -0.739. The number of benzene rings is 1. The summed E-state index contributed by atoms with van der Waals surface area (Å²) in [6.07, 6.45) is 2.89. The third-order valence-corrected chi connectivity index (χ3v) is 3.50. The fourth-order valence-corrected chi connectivity index (χ4v) is 2.28. The molecule has 3 N–H and O–H groups in total. The van der Waals surface area contributed by atoms with E-state index in [0.29, 0.717) is 23.7 Å². The van der Waals surface area contributed by atoms with Crippen molar-refractivity contribution < 1.29 is 9.50 Å². The summed E-state index contributed by atoms with van der Waals surface area (Å²) in [5, 5.41) is 20.9. The number of aromatic nitrogens is 2. The molecule has 0 radical (unpaired) electrons. The molecule has 2 rings (SSSR count). The van der Waals surface area contributed by atoms with Gasteiger partial charge in [-0.2, -0.15) is 5.10 Å². The summed E-state index contributed by atoms with van der Waals surface area (Å²) in [5.41, 5.74) is 1.18. The van der Waals surface area contributed by atoms with E-state index in [0.717, 1.165) is 18.2 Å². The largest absolute Gasteiger partial charge is 0.387 e. The van der Waals surface area contributed by atoms with Gasteiger partial charge in [-0.1, -0.05) is 13.8 Å². The van der Waals surface area contributed by atoms with Crippen molar-refractivity contribution in [1.82, 2.24) is 15.5 Å². The Hall–Kier alpha value is -1.46. The summed E-state index contributed by atoms with van der Waals surface area (Å²) in [6.45, 7) is 4.62. The van der Waals surface area contributed by atoms with Gasteiger partial charge in [0.25, 0.3) is 0 Å². The highest BCUT2D eigenvalue weighted by molar-refractivity contribution is 5.82. The molecule has 1 heterocycles. The number of H-pyrrole nitrogens is 1. The van der Waals surface area contributed by atoms with Crippen LogP contribution in [0.3, 0.4) is 0 Å². The van der Waals surface area contributed by atoms with Crippen molar-refractivity contribution >= 4 is 10.9 Å². The van der Waals surface area contributed by atoms with Crippen LogP contribution in [0, 0.1) is 5.82 Å². The summed E-state index contributed by atoms with van der Waals surface area (Å²) in [7, 11) is 0. The van der Waals surface area contributed by atoms with Gasteiger partial charge in [-0.15, -0.1) is 0 Å². The Labute approximate surface area is 112 Å². The van der Waals surface area contributed by atoms with Crippen molar-refractivity contribution in [3.8, 4) is 0 Å². The van der Waals surface area contributed by atoms with Gasteiger partial charge in [-0.05, 0) is 30.5 Å². The number of aliphatic hydroxyl groups is 1. The molecular formula is C14H20FN3O. The highest BCUT2D eigenvalue weighted by Crippen LogP contribution is 2.24. The molecule has 19 heavy (non-hydrogen) atoms. The van der Waals surface area contributed by atoms with Gasteiger partial charge in [0.1, 0.15) is 5.82 Å². The first-order valence-electron chi connectivity index (χ1n) is 6.69. The van der Waals surface area contributed by atoms with E-state index < -0.39 is 6.10 Å². The Morgan fingerprint density at radius 3 is 2.79 bits per heavy atom. The predicted molar refractivity (Wildman–Crippen MR) is 73.4 cm³/mol. The quantitative estimate of drug-likeness (QED) is 0.752. The van der Waals surface area contributed by atoms with E-state index in [1.165, 1.54) is 12.1 Å².